The van der Waals surface area contributed by atoms with Gasteiger partial charge in [-0.2, -0.15) is 5.06 Å². The average Bonchev–Trinajstić information content (AvgIpc) is 3.04. The lowest BCUT2D eigenvalue weighted by Gasteiger charge is -2.26. The van der Waals surface area contributed by atoms with Crippen LogP contribution < -0.4 is 4.72 Å². The van der Waals surface area contributed by atoms with Gasteiger partial charge in [0.2, 0.25) is 10.0 Å². The van der Waals surface area contributed by atoms with Gasteiger partial charge in [-0.25, -0.2) is 13.1 Å². The molecule has 2 saturated heterocycles. The predicted octanol–water partition coefficient (Wildman–Crippen LogP) is 1.92. The minimum Gasteiger partial charge on any atom is -0.379 e. The first kappa shape index (κ1) is 21.3. The molecule has 0 radical (unpaired) electrons. The van der Waals surface area contributed by atoms with Gasteiger partial charge >= 0.3 is 0 Å². The van der Waals surface area contributed by atoms with E-state index in [0.717, 1.165) is 44.8 Å². The summed E-state index contributed by atoms with van der Waals surface area (Å²) in [5.41, 5.74) is 0.757. The van der Waals surface area contributed by atoms with E-state index in [-0.39, 0.29) is 6.61 Å². The Bertz CT molecular complexity index is 744. The quantitative estimate of drug-likeness (QED) is 0.656. The number of hydrogen-bond acceptors (Lipinski definition) is 6. The van der Waals surface area contributed by atoms with Crippen LogP contribution in [0.3, 0.4) is 0 Å². The average molecular weight is 438 g/mol. The molecule has 0 spiro atoms. The smallest absolute Gasteiger partial charge is 0.218 e. The van der Waals surface area contributed by atoms with Gasteiger partial charge in [-0.1, -0.05) is 29.3 Å². The van der Waals surface area contributed by atoms with Crippen molar-refractivity contribution in [2.75, 3.05) is 53.0 Å². The predicted molar refractivity (Wildman–Crippen MR) is 106 cm³/mol. The fourth-order valence-electron chi connectivity index (χ4n) is 3.43. The molecule has 2 aliphatic heterocycles. The Kier molecular flexibility index (Phi) is 7.38. The number of halogens is 2. The Morgan fingerprint density at radius 1 is 1.22 bits per heavy atom. The maximum absolute atomic E-state index is 12.9. The van der Waals surface area contributed by atoms with E-state index in [1.807, 2.05) is 0 Å². The normalized spacial score (nSPS) is 25.1. The number of benzene rings is 1. The number of nitrogens with zero attached hydrogens (tertiary/aromatic N) is 2. The third-order valence-electron chi connectivity index (χ3n) is 4.93. The molecule has 3 rings (SSSR count). The van der Waals surface area contributed by atoms with Crippen LogP contribution in [0.2, 0.25) is 10.0 Å². The van der Waals surface area contributed by atoms with Crippen molar-refractivity contribution >= 4 is 33.2 Å². The van der Waals surface area contributed by atoms with E-state index in [1.54, 1.807) is 30.3 Å². The SMILES string of the molecule is CN1OCC(S(=O)(=O)NCCCN2CCOCC2)C1c1ccc(Cl)c(Cl)c1. The summed E-state index contributed by atoms with van der Waals surface area (Å²) in [4.78, 5) is 7.79. The molecule has 0 bridgehead atoms. The summed E-state index contributed by atoms with van der Waals surface area (Å²) in [6.07, 6.45) is 0.750. The van der Waals surface area contributed by atoms with Crippen molar-refractivity contribution in [1.82, 2.24) is 14.7 Å². The Hall–Kier alpha value is -0.450. The molecule has 0 amide bonds. The zero-order valence-corrected chi connectivity index (χ0v) is 17.6. The zero-order chi connectivity index (χ0) is 19.4. The molecular formula is C17H25Cl2N3O4S. The standard InChI is InChI=1S/C17H25Cl2N3O4S/c1-21-17(13-3-4-14(18)15(19)11-13)16(12-26-21)27(23,24)20-5-2-6-22-7-9-25-10-8-22/h3-4,11,16-17,20H,2,5-10,12H2,1H3. The zero-order valence-electron chi connectivity index (χ0n) is 15.2. The maximum atomic E-state index is 12.9. The summed E-state index contributed by atoms with van der Waals surface area (Å²) >= 11 is 12.1. The maximum Gasteiger partial charge on any atom is 0.218 e. The van der Waals surface area contributed by atoms with Crippen molar-refractivity contribution in [2.24, 2.45) is 0 Å². The van der Waals surface area contributed by atoms with Gasteiger partial charge in [0.25, 0.3) is 0 Å². The van der Waals surface area contributed by atoms with Gasteiger partial charge in [-0.3, -0.25) is 9.74 Å². The highest BCUT2D eigenvalue weighted by molar-refractivity contribution is 7.90. The number of morpholine rings is 1. The third kappa shape index (κ3) is 5.33. The van der Waals surface area contributed by atoms with Crippen molar-refractivity contribution in [1.29, 1.82) is 0 Å². The lowest BCUT2D eigenvalue weighted by atomic mass is 10.0. The number of nitrogens with one attached hydrogen (secondary N) is 1. The van der Waals surface area contributed by atoms with Crippen LogP contribution in [0.15, 0.2) is 18.2 Å². The molecule has 1 aromatic carbocycles. The van der Waals surface area contributed by atoms with Crippen molar-refractivity contribution in [3.8, 4) is 0 Å². The van der Waals surface area contributed by atoms with Crippen LogP contribution in [-0.4, -0.2) is 76.7 Å². The second kappa shape index (κ2) is 9.37. The van der Waals surface area contributed by atoms with Crippen molar-refractivity contribution in [2.45, 2.75) is 17.7 Å². The summed E-state index contributed by atoms with van der Waals surface area (Å²) in [5, 5.41) is 1.67. The van der Waals surface area contributed by atoms with Crippen LogP contribution >= 0.6 is 23.2 Å². The topological polar surface area (TPSA) is 71.1 Å². The van der Waals surface area contributed by atoms with E-state index in [9.17, 15) is 8.42 Å². The number of hydroxylamine groups is 2. The first-order valence-corrected chi connectivity index (χ1v) is 11.3. The largest absolute Gasteiger partial charge is 0.379 e. The summed E-state index contributed by atoms with van der Waals surface area (Å²) in [5.74, 6) is 0. The molecule has 2 unspecified atom stereocenters. The number of rotatable bonds is 7. The van der Waals surface area contributed by atoms with Crippen molar-refractivity contribution in [3.05, 3.63) is 33.8 Å². The van der Waals surface area contributed by atoms with Gasteiger partial charge < -0.3 is 4.74 Å². The van der Waals surface area contributed by atoms with Crippen LogP contribution in [0.5, 0.6) is 0 Å². The molecule has 7 nitrogen and oxygen atoms in total. The minimum atomic E-state index is -3.55. The van der Waals surface area contributed by atoms with Crippen molar-refractivity contribution in [3.63, 3.8) is 0 Å². The number of ether oxygens (including phenoxy) is 1. The van der Waals surface area contributed by atoms with E-state index in [4.69, 9.17) is 32.8 Å². The van der Waals surface area contributed by atoms with Crippen LogP contribution in [0, 0.1) is 0 Å². The second-order valence-electron chi connectivity index (χ2n) is 6.75. The van der Waals surface area contributed by atoms with Crippen LogP contribution in [0.4, 0.5) is 0 Å². The minimum absolute atomic E-state index is 0.0974. The van der Waals surface area contributed by atoms with Gasteiger partial charge in [-0.15, -0.1) is 0 Å². The molecule has 2 atom stereocenters. The summed E-state index contributed by atoms with van der Waals surface area (Å²) in [6, 6.07) is 4.70. The first-order chi connectivity index (χ1) is 12.9. The van der Waals surface area contributed by atoms with Gasteiger partial charge in [0, 0.05) is 26.7 Å². The van der Waals surface area contributed by atoms with Gasteiger partial charge in [-0.05, 0) is 30.7 Å². The Morgan fingerprint density at radius 3 is 2.67 bits per heavy atom. The molecule has 0 saturated carbocycles. The van der Waals surface area contributed by atoms with Gasteiger partial charge in [0.15, 0.2) is 0 Å². The highest BCUT2D eigenvalue weighted by Gasteiger charge is 2.43. The second-order valence-corrected chi connectivity index (χ2v) is 9.54. The summed E-state index contributed by atoms with van der Waals surface area (Å²) in [6.45, 7) is 4.61. The van der Waals surface area contributed by atoms with Crippen LogP contribution in [-0.2, 0) is 19.6 Å². The number of hydrogen-bond donors (Lipinski definition) is 1. The number of sulfonamides is 1. The molecule has 2 heterocycles. The molecule has 27 heavy (non-hydrogen) atoms. The highest BCUT2D eigenvalue weighted by Crippen LogP contribution is 2.35. The molecular weight excluding hydrogens is 413 g/mol. The molecule has 2 fully saturated rings. The molecule has 1 N–H and O–H groups in total. The Balaban J connectivity index is 1.60. The van der Waals surface area contributed by atoms with E-state index < -0.39 is 21.3 Å². The molecule has 0 aromatic heterocycles. The van der Waals surface area contributed by atoms with Gasteiger partial charge in [0.1, 0.15) is 5.25 Å². The van der Waals surface area contributed by atoms with E-state index in [1.165, 1.54) is 0 Å². The van der Waals surface area contributed by atoms with E-state index >= 15 is 0 Å². The molecule has 10 heteroatoms. The first-order valence-electron chi connectivity index (χ1n) is 8.98. The molecule has 2 aliphatic rings. The lowest BCUT2D eigenvalue weighted by molar-refractivity contribution is -0.110. The molecule has 152 valence electrons. The fraction of sp³-hybridized carbons (Fsp3) is 0.647. The van der Waals surface area contributed by atoms with Crippen LogP contribution in [0.25, 0.3) is 0 Å². The summed E-state index contributed by atoms with van der Waals surface area (Å²) < 4.78 is 33.8. The third-order valence-corrected chi connectivity index (χ3v) is 7.46. The Morgan fingerprint density at radius 2 is 1.96 bits per heavy atom. The molecule has 1 aromatic rings. The summed E-state index contributed by atoms with van der Waals surface area (Å²) in [7, 11) is -1.83. The van der Waals surface area contributed by atoms with Gasteiger partial charge in [0.05, 0.1) is 35.9 Å². The molecule has 0 aliphatic carbocycles. The van der Waals surface area contributed by atoms with E-state index in [2.05, 4.69) is 9.62 Å². The Labute approximate surface area is 170 Å². The van der Waals surface area contributed by atoms with Crippen LogP contribution in [0.1, 0.15) is 18.0 Å². The fourth-order valence-corrected chi connectivity index (χ4v) is 5.28. The highest BCUT2D eigenvalue weighted by atomic mass is 35.5. The lowest BCUT2D eigenvalue weighted by Crippen LogP contribution is -2.41. The van der Waals surface area contributed by atoms with Crippen molar-refractivity contribution < 1.29 is 18.0 Å². The van der Waals surface area contributed by atoms with E-state index in [0.29, 0.717) is 16.6 Å². The monoisotopic (exact) mass is 437 g/mol.